The zero-order valence-corrected chi connectivity index (χ0v) is 12.2. The van der Waals surface area contributed by atoms with Gasteiger partial charge in [0.1, 0.15) is 5.75 Å². The largest absolute Gasteiger partial charge is 0.489 e. The van der Waals surface area contributed by atoms with Crippen LogP contribution in [0.5, 0.6) is 5.75 Å². The Balaban J connectivity index is 1.94. The molecule has 0 spiro atoms. The fourth-order valence-corrected chi connectivity index (χ4v) is 2.78. The molecule has 1 atom stereocenters. The second kappa shape index (κ2) is 7.49. The SMILES string of the molecule is CCC(NC)c1ccc(OC2CCCCCC2)cn1. The molecule has 0 amide bonds. The van der Waals surface area contributed by atoms with Gasteiger partial charge in [0.05, 0.1) is 18.0 Å². The Morgan fingerprint density at radius 2 is 2.00 bits per heavy atom. The molecule has 0 saturated heterocycles. The van der Waals surface area contributed by atoms with Gasteiger partial charge in [-0.3, -0.25) is 4.98 Å². The molecule has 0 aliphatic heterocycles. The van der Waals surface area contributed by atoms with Gasteiger partial charge in [-0.25, -0.2) is 0 Å². The van der Waals surface area contributed by atoms with Gasteiger partial charge in [-0.2, -0.15) is 0 Å². The van der Waals surface area contributed by atoms with E-state index in [2.05, 4.69) is 29.4 Å². The molecule has 1 heterocycles. The molecule has 1 unspecified atom stereocenters. The van der Waals surface area contributed by atoms with Crippen molar-refractivity contribution >= 4 is 0 Å². The summed E-state index contributed by atoms with van der Waals surface area (Å²) in [4.78, 5) is 4.52. The zero-order valence-electron chi connectivity index (χ0n) is 12.2. The van der Waals surface area contributed by atoms with E-state index in [0.717, 1.165) is 17.9 Å². The van der Waals surface area contributed by atoms with Gasteiger partial charge >= 0.3 is 0 Å². The molecule has 0 radical (unpaired) electrons. The van der Waals surface area contributed by atoms with Gasteiger partial charge in [0.15, 0.2) is 0 Å². The topological polar surface area (TPSA) is 34.1 Å². The van der Waals surface area contributed by atoms with Crippen molar-refractivity contribution < 1.29 is 4.74 Å². The summed E-state index contributed by atoms with van der Waals surface area (Å²) < 4.78 is 6.05. The van der Waals surface area contributed by atoms with Gasteiger partial charge in [0.25, 0.3) is 0 Å². The van der Waals surface area contributed by atoms with Crippen LogP contribution in [-0.4, -0.2) is 18.1 Å². The van der Waals surface area contributed by atoms with Crippen molar-refractivity contribution in [2.45, 2.75) is 64.0 Å². The van der Waals surface area contributed by atoms with E-state index in [4.69, 9.17) is 4.74 Å². The molecular formula is C16H26N2O. The van der Waals surface area contributed by atoms with E-state index >= 15 is 0 Å². The maximum absolute atomic E-state index is 6.05. The lowest BCUT2D eigenvalue weighted by Gasteiger charge is -2.18. The lowest BCUT2D eigenvalue weighted by Crippen LogP contribution is -2.17. The predicted octanol–water partition coefficient (Wildman–Crippen LogP) is 3.85. The summed E-state index contributed by atoms with van der Waals surface area (Å²) in [5.41, 5.74) is 1.10. The average molecular weight is 262 g/mol. The Kier molecular flexibility index (Phi) is 5.64. The summed E-state index contributed by atoms with van der Waals surface area (Å²) >= 11 is 0. The summed E-state index contributed by atoms with van der Waals surface area (Å²) in [6, 6.07) is 4.48. The van der Waals surface area contributed by atoms with Crippen molar-refractivity contribution in [3.05, 3.63) is 24.0 Å². The second-order valence-corrected chi connectivity index (χ2v) is 5.40. The third-order valence-corrected chi connectivity index (χ3v) is 3.98. The summed E-state index contributed by atoms with van der Waals surface area (Å²) in [7, 11) is 1.98. The van der Waals surface area contributed by atoms with Gasteiger partial charge in [-0.1, -0.05) is 19.8 Å². The molecule has 1 saturated carbocycles. The highest BCUT2D eigenvalue weighted by Crippen LogP contribution is 2.23. The van der Waals surface area contributed by atoms with Crippen molar-refractivity contribution in [3.63, 3.8) is 0 Å². The molecule has 1 N–H and O–H groups in total. The van der Waals surface area contributed by atoms with Crippen molar-refractivity contribution in [2.24, 2.45) is 0 Å². The first-order valence-electron chi connectivity index (χ1n) is 7.63. The number of rotatable bonds is 5. The zero-order chi connectivity index (χ0) is 13.5. The van der Waals surface area contributed by atoms with Crippen LogP contribution in [0.3, 0.4) is 0 Å². The minimum absolute atomic E-state index is 0.340. The molecule has 1 aromatic heterocycles. The molecule has 2 rings (SSSR count). The Labute approximate surface area is 116 Å². The molecule has 0 aromatic carbocycles. The Morgan fingerprint density at radius 1 is 1.26 bits per heavy atom. The predicted molar refractivity (Wildman–Crippen MR) is 78.4 cm³/mol. The van der Waals surface area contributed by atoms with E-state index < -0.39 is 0 Å². The first-order chi connectivity index (χ1) is 9.33. The van der Waals surface area contributed by atoms with Gasteiger partial charge in [0, 0.05) is 6.04 Å². The molecule has 106 valence electrons. The molecule has 1 fully saturated rings. The van der Waals surface area contributed by atoms with Crippen molar-refractivity contribution in [1.29, 1.82) is 0 Å². The maximum atomic E-state index is 6.05. The third-order valence-electron chi connectivity index (χ3n) is 3.98. The van der Waals surface area contributed by atoms with Crippen LogP contribution in [0.25, 0.3) is 0 Å². The van der Waals surface area contributed by atoms with E-state index in [1.165, 1.54) is 38.5 Å². The van der Waals surface area contributed by atoms with Gasteiger partial charge in [0.2, 0.25) is 0 Å². The number of pyridine rings is 1. The normalized spacial score (nSPS) is 18.8. The van der Waals surface area contributed by atoms with Crippen LogP contribution in [0.1, 0.15) is 63.6 Å². The van der Waals surface area contributed by atoms with Crippen molar-refractivity contribution in [3.8, 4) is 5.75 Å². The van der Waals surface area contributed by atoms with E-state index in [9.17, 15) is 0 Å². The molecule has 1 aliphatic carbocycles. The lowest BCUT2D eigenvalue weighted by atomic mass is 10.1. The minimum Gasteiger partial charge on any atom is -0.489 e. The smallest absolute Gasteiger partial charge is 0.138 e. The number of hydrogen-bond acceptors (Lipinski definition) is 3. The van der Waals surface area contributed by atoms with Crippen molar-refractivity contribution in [2.75, 3.05) is 7.05 Å². The van der Waals surface area contributed by atoms with Crippen LogP contribution in [0, 0.1) is 0 Å². The number of hydrogen-bond donors (Lipinski definition) is 1. The Morgan fingerprint density at radius 3 is 2.53 bits per heavy atom. The molecule has 0 bridgehead atoms. The van der Waals surface area contributed by atoms with Crippen LogP contribution < -0.4 is 10.1 Å². The van der Waals surface area contributed by atoms with E-state index in [1.54, 1.807) is 0 Å². The van der Waals surface area contributed by atoms with Crippen LogP contribution in [0.4, 0.5) is 0 Å². The van der Waals surface area contributed by atoms with Crippen LogP contribution in [-0.2, 0) is 0 Å². The third kappa shape index (κ3) is 4.20. The number of ether oxygens (including phenoxy) is 1. The number of nitrogens with one attached hydrogen (secondary N) is 1. The highest BCUT2D eigenvalue weighted by molar-refractivity contribution is 5.21. The monoisotopic (exact) mass is 262 g/mol. The second-order valence-electron chi connectivity index (χ2n) is 5.40. The molecule has 1 aromatic rings. The number of aromatic nitrogens is 1. The fourth-order valence-electron chi connectivity index (χ4n) is 2.78. The molecular weight excluding hydrogens is 236 g/mol. The summed E-state index contributed by atoms with van der Waals surface area (Å²) in [6.45, 7) is 2.17. The summed E-state index contributed by atoms with van der Waals surface area (Å²) in [6.07, 6.45) is 11.0. The molecule has 3 nitrogen and oxygen atoms in total. The highest BCUT2D eigenvalue weighted by atomic mass is 16.5. The van der Waals surface area contributed by atoms with E-state index in [-0.39, 0.29) is 0 Å². The average Bonchev–Trinajstić information content (AvgIpc) is 2.71. The first-order valence-corrected chi connectivity index (χ1v) is 7.63. The van der Waals surface area contributed by atoms with Gasteiger partial charge in [-0.05, 0) is 51.3 Å². The number of nitrogens with zero attached hydrogens (tertiary/aromatic N) is 1. The van der Waals surface area contributed by atoms with E-state index in [0.29, 0.717) is 12.1 Å². The Bertz CT molecular complexity index is 352. The van der Waals surface area contributed by atoms with Crippen molar-refractivity contribution in [1.82, 2.24) is 10.3 Å². The Hall–Kier alpha value is -1.09. The van der Waals surface area contributed by atoms with Gasteiger partial charge < -0.3 is 10.1 Å². The highest BCUT2D eigenvalue weighted by Gasteiger charge is 2.14. The summed E-state index contributed by atoms with van der Waals surface area (Å²) in [5.74, 6) is 0.918. The molecule has 19 heavy (non-hydrogen) atoms. The first kappa shape index (κ1) is 14.3. The van der Waals surface area contributed by atoms with Crippen LogP contribution in [0.15, 0.2) is 18.3 Å². The van der Waals surface area contributed by atoms with E-state index in [1.807, 2.05) is 13.2 Å². The molecule has 1 aliphatic rings. The fraction of sp³-hybridized carbons (Fsp3) is 0.688. The van der Waals surface area contributed by atoms with Crippen LogP contribution in [0.2, 0.25) is 0 Å². The van der Waals surface area contributed by atoms with Gasteiger partial charge in [-0.15, -0.1) is 0 Å². The summed E-state index contributed by atoms with van der Waals surface area (Å²) in [5, 5.41) is 3.27. The van der Waals surface area contributed by atoms with Crippen LogP contribution >= 0.6 is 0 Å². The molecule has 3 heteroatoms. The maximum Gasteiger partial charge on any atom is 0.138 e. The quantitative estimate of drug-likeness (QED) is 0.818. The standard InChI is InChI=1S/C16H26N2O/c1-3-15(17-2)16-11-10-14(12-18-16)19-13-8-6-4-5-7-9-13/h10-13,15,17H,3-9H2,1-2H3. The lowest BCUT2D eigenvalue weighted by molar-refractivity contribution is 0.183. The minimum atomic E-state index is 0.340.